The van der Waals surface area contributed by atoms with Crippen molar-refractivity contribution >= 4 is 56.6 Å². The smallest absolute Gasteiger partial charge is 0.169 e. The minimum absolute atomic E-state index is 0.691. The summed E-state index contributed by atoms with van der Waals surface area (Å²) in [6.45, 7) is 1.38. The summed E-state index contributed by atoms with van der Waals surface area (Å²) >= 11 is 12.7. The molecular formula is C28H24Cl2N4. The van der Waals surface area contributed by atoms with Gasteiger partial charge in [-0.25, -0.2) is 9.97 Å². The van der Waals surface area contributed by atoms with Gasteiger partial charge in [0, 0.05) is 23.1 Å². The van der Waals surface area contributed by atoms with Gasteiger partial charge in [0.1, 0.15) is 0 Å². The van der Waals surface area contributed by atoms with Crippen LogP contribution in [0.1, 0.15) is 11.1 Å². The van der Waals surface area contributed by atoms with Crippen molar-refractivity contribution in [1.82, 2.24) is 9.97 Å². The lowest BCUT2D eigenvalue weighted by atomic mass is 10.1. The number of nitrogens with zero attached hydrogens (tertiary/aromatic N) is 2. The number of rotatable bonds is 8. The molecule has 1 heterocycles. The Bertz CT molecular complexity index is 1340. The maximum Gasteiger partial charge on any atom is 0.169 e. The number of anilines is 2. The predicted octanol–water partition coefficient (Wildman–Crippen LogP) is 7.40. The first-order valence-corrected chi connectivity index (χ1v) is 12.1. The van der Waals surface area contributed by atoms with E-state index in [0.717, 1.165) is 67.5 Å². The highest BCUT2D eigenvalue weighted by Gasteiger charge is 2.11. The van der Waals surface area contributed by atoms with E-state index in [2.05, 4.69) is 34.9 Å². The van der Waals surface area contributed by atoms with E-state index in [-0.39, 0.29) is 0 Å². The first-order valence-electron chi connectivity index (χ1n) is 11.3. The van der Waals surface area contributed by atoms with Crippen molar-refractivity contribution in [2.75, 3.05) is 23.7 Å². The molecule has 6 heteroatoms. The third-order valence-corrected chi connectivity index (χ3v) is 6.56. The van der Waals surface area contributed by atoms with Crippen LogP contribution in [-0.2, 0) is 12.8 Å². The van der Waals surface area contributed by atoms with Crippen molar-refractivity contribution in [3.8, 4) is 0 Å². The van der Waals surface area contributed by atoms with Crippen LogP contribution in [0.3, 0.4) is 0 Å². The van der Waals surface area contributed by atoms with E-state index in [4.69, 9.17) is 33.2 Å². The van der Waals surface area contributed by atoms with Gasteiger partial charge in [-0.1, -0.05) is 83.9 Å². The van der Waals surface area contributed by atoms with Gasteiger partial charge < -0.3 is 10.6 Å². The van der Waals surface area contributed by atoms with Crippen LogP contribution in [-0.4, -0.2) is 23.1 Å². The van der Waals surface area contributed by atoms with Gasteiger partial charge >= 0.3 is 0 Å². The molecule has 1 aromatic heterocycles. The summed E-state index contributed by atoms with van der Waals surface area (Å²) in [6, 6.07) is 28.3. The molecule has 0 aliphatic carbocycles. The van der Waals surface area contributed by atoms with Gasteiger partial charge in [0.05, 0.1) is 11.0 Å². The quantitative estimate of drug-likeness (QED) is 0.224. The number of hydrogen-bond acceptors (Lipinski definition) is 4. The average molecular weight is 487 g/mol. The van der Waals surface area contributed by atoms with Gasteiger partial charge in [0.25, 0.3) is 0 Å². The number of aromatic nitrogens is 2. The summed E-state index contributed by atoms with van der Waals surface area (Å²) in [4.78, 5) is 9.85. The first kappa shape index (κ1) is 22.5. The van der Waals surface area contributed by atoms with E-state index in [9.17, 15) is 0 Å². The number of benzene rings is 4. The summed E-state index contributed by atoms with van der Waals surface area (Å²) in [6.07, 6.45) is 1.58. The lowest BCUT2D eigenvalue weighted by molar-refractivity contribution is 0.986. The molecule has 0 aliphatic rings. The van der Waals surface area contributed by atoms with Gasteiger partial charge in [-0.15, -0.1) is 0 Å². The molecule has 0 saturated heterocycles. The Balaban J connectivity index is 1.41. The fraction of sp³-hybridized carbons (Fsp3) is 0.143. The SMILES string of the molecule is Clc1ccccc1CCNc1nc2cc3ccccc3cc2nc1NCCc1ccccc1Cl. The van der Waals surface area contributed by atoms with Crippen molar-refractivity contribution in [3.63, 3.8) is 0 Å². The molecule has 170 valence electrons. The molecule has 0 fully saturated rings. The summed E-state index contributed by atoms with van der Waals surface area (Å²) in [5, 5.41) is 10.8. The van der Waals surface area contributed by atoms with E-state index in [1.54, 1.807) is 0 Å². The largest absolute Gasteiger partial charge is 0.367 e. The Morgan fingerprint density at radius 3 is 1.41 bits per heavy atom. The maximum absolute atomic E-state index is 6.33. The van der Waals surface area contributed by atoms with Crippen molar-refractivity contribution in [1.29, 1.82) is 0 Å². The zero-order valence-electron chi connectivity index (χ0n) is 18.6. The molecular weight excluding hydrogens is 463 g/mol. The van der Waals surface area contributed by atoms with Crippen LogP contribution in [0.2, 0.25) is 10.0 Å². The minimum atomic E-state index is 0.691. The Morgan fingerprint density at radius 2 is 0.971 bits per heavy atom. The van der Waals surface area contributed by atoms with Crippen molar-refractivity contribution in [2.24, 2.45) is 0 Å². The fourth-order valence-corrected chi connectivity index (χ4v) is 4.48. The highest BCUT2D eigenvalue weighted by Crippen LogP contribution is 2.26. The molecule has 0 atom stereocenters. The molecule has 2 N–H and O–H groups in total. The molecule has 0 bridgehead atoms. The second-order valence-electron chi connectivity index (χ2n) is 8.15. The van der Waals surface area contributed by atoms with Gasteiger partial charge in [-0.3, -0.25) is 0 Å². The summed E-state index contributed by atoms with van der Waals surface area (Å²) in [7, 11) is 0. The molecule has 4 nitrogen and oxygen atoms in total. The fourth-order valence-electron chi connectivity index (χ4n) is 4.02. The van der Waals surface area contributed by atoms with Crippen LogP contribution < -0.4 is 10.6 Å². The Labute approximate surface area is 209 Å². The summed E-state index contributed by atoms with van der Waals surface area (Å²) in [5.74, 6) is 1.46. The first-order chi connectivity index (χ1) is 16.7. The number of hydrogen-bond donors (Lipinski definition) is 2. The van der Waals surface area contributed by atoms with Gasteiger partial charge in [-0.05, 0) is 59.0 Å². The standard InChI is InChI=1S/C28H24Cl2N4/c29-23-11-5-3-7-19(23)13-15-31-27-28(32-16-14-20-8-4-6-12-24(20)30)34-26-18-22-10-2-1-9-21(22)17-25(26)33-27/h1-12,17-18H,13-16H2,(H,31,33)(H,32,34). The monoisotopic (exact) mass is 486 g/mol. The van der Waals surface area contributed by atoms with Crippen LogP contribution in [0.15, 0.2) is 84.9 Å². The highest BCUT2D eigenvalue weighted by atomic mass is 35.5. The lowest BCUT2D eigenvalue weighted by Gasteiger charge is -2.14. The Morgan fingerprint density at radius 1 is 0.559 bits per heavy atom. The predicted molar refractivity (Wildman–Crippen MR) is 144 cm³/mol. The number of halogens is 2. The molecule has 0 saturated carbocycles. The second-order valence-corrected chi connectivity index (χ2v) is 8.96. The third kappa shape index (κ3) is 5.09. The van der Waals surface area contributed by atoms with Crippen LogP contribution in [0, 0.1) is 0 Å². The molecule has 4 aromatic carbocycles. The maximum atomic E-state index is 6.33. The minimum Gasteiger partial charge on any atom is -0.367 e. The zero-order valence-corrected chi connectivity index (χ0v) is 20.1. The van der Waals surface area contributed by atoms with E-state index < -0.39 is 0 Å². The van der Waals surface area contributed by atoms with Crippen molar-refractivity contribution in [2.45, 2.75) is 12.8 Å². The number of fused-ring (bicyclic) bond motifs is 2. The van der Waals surface area contributed by atoms with Gasteiger partial charge in [0.15, 0.2) is 11.6 Å². The summed E-state index contributed by atoms with van der Waals surface area (Å²) in [5.41, 5.74) is 3.92. The van der Waals surface area contributed by atoms with Gasteiger partial charge in [0.2, 0.25) is 0 Å². The molecule has 0 radical (unpaired) electrons. The van der Waals surface area contributed by atoms with Gasteiger partial charge in [-0.2, -0.15) is 0 Å². The molecule has 0 aliphatic heterocycles. The van der Waals surface area contributed by atoms with Crippen LogP contribution in [0.25, 0.3) is 21.8 Å². The van der Waals surface area contributed by atoms with Crippen LogP contribution >= 0.6 is 23.2 Å². The van der Waals surface area contributed by atoms with Crippen LogP contribution in [0.4, 0.5) is 11.6 Å². The highest BCUT2D eigenvalue weighted by molar-refractivity contribution is 6.31. The second kappa shape index (κ2) is 10.3. The average Bonchev–Trinajstić information content (AvgIpc) is 2.85. The summed E-state index contributed by atoms with van der Waals surface area (Å²) < 4.78 is 0. The van der Waals surface area contributed by atoms with Crippen molar-refractivity contribution < 1.29 is 0 Å². The molecule has 5 aromatic rings. The van der Waals surface area contributed by atoms with Crippen molar-refractivity contribution in [3.05, 3.63) is 106 Å². The van der Waals surface area contributed by atoms with Crippen LogP contribution in [0.5, 0.6) is 0 Å². The lowest BCUT2D eigenvalue weighted by Crippen LogP contribution is -2.13. The molecule has 34 heavy (non-hydrogen) atoms. The molecule has 0 unspecified atom stereocenters. The van der Waals surface area contributed by atoms with E-state index in [1.807, 2.05) is 60.7 Å². The molecule has 0 spiro atoms. The topological polar surface area (TPSA) is 49.8 Å². The van der Waals surface area contributed by atoms with E-state index in [1.165, 1.54) is 0 Å². The Kier molecular flexibility index (Phi) is 6.79. The number of nitrogens with one attached hydrogen (secondary N) is 2. The normalized spacial score (nSPS) is 11.1. The van der Waals surface area contributed by atoms with E-state index >= 15 is 0 Å². The zero-order chi connectivity index (χ0) is 23.3. The Hall–Kier alpha value is -3.34. The third-order valence-electron chi connectivity index (χ3n) is 5.82. The molecule has 0 amide bonds. The van der Waals surface area contributed by atoms with E-state index in [0.29, 0.717) is 13.1 Å². The molecule has 5 rings (SSSR count).